The lowest BCUT2D eigenvalue weighted by molar-refractivity contribution is -0.384. The van der Waals surface area contributed by atoms with Crippen LogP contribution in [0.15, 0.2) is 47.3 Å². The summed E-state index contributed by atoms with van der Waals surface area (Å²) < 4.78 is 1.18. The van der Waals surface area contributed by atoms with E-state index < -0.39 is 4.92 Å². The number of aromatic nitrogens is 1. The van der Waals surface area contributed by atoms with Gasteiger partial charge in [-0.15, -0.1) is 4.73 Å². The molecule has 2 aromatic carbocycles. The second kappa shape index (κ2) is 4.34. The molecule has 6 heteroatoms. The van der Waals surface area contributed by atoms with Crippen LogP contribution in [-0.4, -0.2) is 16.8 Å². The fraction of sp³-hybridized carbons (Fsp3) is 0.0714. The Balaban J connectivity index is 2.58. The summed E-state index contributed by atoms with van der Waals surface area (Å²) in [6.45, 7) is 0. The smallest absolute Gasteiger partial charge is 0.291 e. The van der Waals surface area contributed by atoms with E-state index in [0.717, 1.165) is 5.39 Å². The van der Waals surface area contributed by atoms with Gasteiger partial charge in [0, 0.05) is 22.9 Å². The van der Waals surface area contributed by atoms with Crippen LogP contribution < -0.4 is 10.4 Å². The Kier molecular flexibility index (Phi) is 2.64. The summed E-state index contributed by atoms with van der Waals surface area (Å²) >= 11 is 0. The van der Waals surface area contributed by atoms with Gasteiger partial charge in [0.2, 0.25) is 0 Å². The minimum Gasteiger partial charge on any atom is -0.413 e. The van der Waals surface area contributed by atoms with Crippen molar-refractivity contribution in [1.29, 1.82) is 0 Å². The average Bonchev–Trinajstić information content (AvgIpc) is 2.47. The van der Waals surface area contributed by atoms with E-state index >= 15 is 0 Å². The number of benzene rings is 2. The largest absolute Gasteiger partial charge is 0.413 e. The van der Waals surface area contributed by atoms with E-state index in [1.807, 2.05) is 6.07 Å². The van der Waals surface area contributed by atoms with Gasteiger partial charge in [-0.1, -0.05) is 18.2 Å². The summed E-state index contributed by atoms with van der Waals surface area (Å²) in [5, 5.41) is 12.6. The molecular weight excluding hydrogens is 260 g/mol. The number of hydrogen-bond acceptors (Lipinski definition) is 4. The fourth-order valence-corrected chi connectivity index (χ4v) is 2.33. The third kappa shape index (κ3) is 1.62. The zero-order chi connectivity index (χ0) is 14.3. The van der Waals surface area contributed by atoms with E-state index in [4.69, 9.17) is 4.84 Å². The van der Waals surface area contributed by atoms with E-state index in [-0.39, 0.29) is 11.2 Å². The molecule has 0 saturated heterocycles. The van der Waals surface area contributed by atoms with Gasteiger partial charge in [0.1, 0.15) is 7.11 Å². The number of pyridine rings is 1. The second-order valence-electron chi connectivity index (χ2n) is 4.29. The Bertz CT molecular complexity index is 899. The molecule has 6 nitrogen and oxygen atoms in total. The Morgan fingerprint density at radius 3 is 2.55 bits per heavy atom. The molecule has 1 heterocycles. The maximum atomic E-state index is 12.3. The van der Waals surface area contributed by atoms with Crippen LogP contribution in [0.1, 0.15) is 0 Å². The minimum absolute atomic E-state index is 0.0442. The highest BCUT2D eigenvalue weighted by molar-refractivity contribution is 6.06. The summed E-state index contributed by atoms with van der Waals surface area (Å²) in [7, 11) is 1.41. The topological polar surface area (TPSA) is 74.4 Å². The van der Waals surface area contributed by atoms with Gasteiger partial charge in [-0.2, -0.15) is 0 Å². The Hall–Kier alpha value is -2.89. The van der Waals surface area contributed by atoms with Crippen molar-refractivity contribution in [1.82, 2.24) is 4.73 Å². The lowest BCUT2D eigenvalue weighted by Gasteiger charge is -2.10. The number of non-ortho nitro benzene ring substituents is 1. The number of para-hydroxylation sites is 1. The van der Waals surface area contributed by atoms with E-state index in [9.17, 15) is 14.9 Å². The molecule has 0 amide bonds. The first-order valence-electron chi connectivity index (χ1n) is 5.90. The predicted octanol–water partition coefficient (Wildman–Crippen LogP) is 2.12. The van der Waals surface area contributed by atoms with Gasteiger partial charge >= 0.3 is 0 Å². The maximum absolute atomic E-state index is 12.3. The van der Waals surface area contributed by atoms with Gasteiger partial charge in [-0.25, -0.2) is 0 Å². The highest BCUT2D eigenvalue weighted by Gasteiger charge is 2.14. The van der Waals surface area contributed by atoms with E-state index in [1.165, 1.54) is 30.0 Å². The molecule has 0 aliphatic heterocycles. The van der Waals surface area contributed by atoms with Crippen molar-refractivity contribution in [3.8, 4) is 0 Å². The summed E-state index contributed by atoms with van der Waals surface area (Å²) in [6.07, 6.45) is 0. The van der Waals surface area contributed by atoms with Crippen molar-refractivity contribution in [3.05, 3.63) is 62.9 Å². The Labute approximate surface area is 112 Å². The molecule has 0 spiro atoms. The lowest BCUT2D eigenvalue weighted by Crippen LogP contribution is -2.25. The van der Waals surface area contributed by atoms with E-state index in [1.54, 1.807) is 18.2 Å². The molecule has 3 rings (SSSR count). The van der Waals surface area contributed by atoms with Crippen molar-refractivity contribution in [3.63, 3.8) is 0 Å². The first kappa shape index (κ1) is 12.2. The zero-order valence-corrected chi connectivity index (χ0v) is 10.6. The van der Waals surface area contributed by atoms with Crippen LogP contribution in [0.5, 0.6) is 0 Å². The minimum atomic E-state index is -0.476. The Morgan fingerprint density at radius 2 is 1.85 bits per heavy atom. The van der Waals surface area contributed by atoms with Gasteiger partial charge in [0.05, 0.1) is 15.8 Å². The van der Waals surface area contributed by atoms with Crippen LogP contribution in [0.2, 0.25) is 0 Å². The van der Waals surface area contributed by atoms with Crippen LogP contribution in [0.3, 0.4) is 0 Å². The zero-order valence-electron chi connectivity index (χ0n) is 10.6. The van der Waals surface area contributed by atoms with Gasteiger partial charge in [-0.05, 0) is 12.1 Å². The number of fused-ring (bicyclic) bond motifs is 3. The first-order chi connectivity index (χ1) is 9.63. The van der Waals surface area contributed by atoms with Crippen LogP contribution >= 0.6 is 0 Å². The second-order valence-corrected chi connectivity index (χ2v) is 4.29. The van der Waals surface area contributed by atoms with Crippen molar-refractivity contribution in [2.24, 2.45) is 0 Å². The van der Waals surface area contributed by atoms with Gasteiger partial charge in [0.15, 0.2) is 0 Å². The molecule has 1 aromatic heterocycles. The lowest BCUT2D eigenvalue weighted by atomic mass is 10.1. The first-order valence-corrected chi connectivity index (χ1v) is 5.90. The average molecular weight is 270 g/mol. The molecule has 3 aromatic rings. The molecule has 0 atom stereocenters. The molecule has 100 valence electrons. The predicted molar refractivity (Wildman–Crippen MR) is 74.9 cm³/mol. The SMILES string of the molecule is COn1c(=O)c2ccc([N+](=O)[O-])cc2c2ccccc21. The molecule has 0 aliphatic carbocycles. The van der Waals surface area contributed by atoms with Crippen LogP contribution in [0, 0.1) is 10.1 Å². The monoisotopic (exact) mass is 270 g/mol. The number of hydrogen-bond donors (Lipinski definition) is 0. The molecule has 0 aliphatic rings. The highest BCUT2D eigenvalue weighted by atomic mass is 16.6. The molecule has 0 N–H and O–H groups in total. The summed E-state index contributed by atoms with van der Waals surface area (Å²) in [4.78, 5) is 27.8. The van der Waals surface area contributed by atoms with Crippen molar-refractivity contribution in [2.75, 3.05) is 7.11 Å². The van der Waals surface area contributed by atoms with Crippen LogP contribution in [0.25, 0.3) is 21.7 Å². The molecule has 0 bridgehead atoms. The summed E-state index contributed by atoms with van der Waals surface area (Å²) in [5.41, 5.74) is 0.196. The van der Waals surface area contributed by atoms with Gasteiger partial charge in [-0.3, -0.25) is 14.9 Å². The molecule has 0 radical (unpaired) electrons. The molecular formula is C14H10N2O4. The number of nitrogens with zero attached hydrogens (tertiary/aromatic N) is 2. The summed E-state index contributed by atoms with van der Waals surface area (Å²) in [6, 6.07) is 11.3. The maximum Gasteiger partial charge on any atom is 0.291 e. The fourth-order valence-electron chi connectivity index (χ4n) is 2.33. The third-order valence-corrected chi connectivity index (χ3v) is 3.22. The van der Waals surface area contributed by atoms with E-state index in [0.29, 0.717) is 16.3 Å². The van der Waals surface area contributed by atoms with E-state index in [2.05, 4.69) is 0 Å². The van der Waals surface area contributed by atoms with Gasteiger partial charge < -0.3 is 4.84 Å². The Morgan fingerprint density at radius 1 is 1.10 bits per heavy atom. The van der Waals surface area contributed by atoms with Crippen LogP contribution in [-0.2, 0) is 0 Å². The third-order valence-electron chi connectivity index (χ3n) is 3.22. The standard InChI is InChI=1S/C14H10N2O4/c1-20-15-13-5-3-2-4-10(13)12-8-9(16(18)19)6-7-11(12)14(15)17/h2-8H,1H3. The molecule has 0 fully saturated rings. The van der Waals surface area contributed by atoms with Crippen LogP contribution in [0.4, 0.5) is 5.69 Å². The molecule has 0 unspecified atom stereocenters. The molecule has 0 saturated carbocycles. The van der Waals surface area contributed by atoms with Crippen molar-refractivity contribution < 1.29 is 9.76 Å². The quantitative estimate of drug-likeness (QED) is 0.406. The molecule has 20 heavy (non-hydrogen) atoms. The number of nitro benzene ring substituents is 1. The normalized spacial score (nSPS) is 10.8. The number of rotatable bonds is 2. The summed E-state index contributed by atoms with van der Waals surface area (Å²) in [5.74, 6) is 0. The van der Waals surface area contributed by atoms with Gasteiger partial charge in [0.25, 0.3) is 11.2 Å². The highest BCUT2D eigenvalue weighted by Crippen LogP contribution is 2.25. The van der Waals surface area contributed by atoms with Crippen molar-refractivity contribution in [2.45, 2.75) is 0 Å². The van der Waals surface area contributed by atoms with Crippen molar-refractivity contribution >= 4 is 27.4 Å². The number of nitro groups is 1.